The van der Waals surface area contributed by atoms with E-state index in [1.165, 1.54) is 6.92 Å². The number of hydrogen-bond acceptors (Lipinski definition) is 3. The molecule has 1 rings (SSSR count). The van der Waals surface area contributed by atoms with Crippen LogP contribution in [0, 0.1) is 5.92 Å². The highest BCUT2D eigenvalue weighted by Crippen LogP contribution is 2.07. The van der Waals surface area contributed by atoms with E-state index in [9.17, 15) is 9.59 Å². The Hall–Kier alpha value is -1.10. The van der Waals surface area contributed by atoms with Gasteiger partial charge in [-0.1, -0.05) is 0 Å². The van der Waals surface area contributed by atoms with Crippen LogP contribution < -0.4 is 10.6 Å². The summed E-state index contributed by atoms with van der Waals surface area (Å²) in [4.78, 5) is 21.8. The normalized spacial score (nSPS) is 23.9. The van der Waals surface area contributed by atoms with E-state index in [0.29, 0.717) is 6.54 Å². The van der Waals surface area contributed by atoms with Crippen molar-refractivity contribution in [1.82, 2.24) is 10.6 Å². The molecule has 0 radical (unpaired) electrons. The summed E-state index contributed by atoms with van der Waals surface area (Å²) >= 11 is 0. The number of nitrogens with one attached hydrogen (secondary N) is 2. The molecule has 0 aromatic heterocycles. The van der Waals surface area contributed by atoms with Crippen molar-refractivity contribution in [2.45, 2.75) is 19.4 Å². The first kappa shape index (κ1) is 9.98. The number of rotatable bonds is 3. The summed E-state index contributed by atoms with van der Waals surface area (Å²) in [6, 6.07) is -0.798. The maximum Gasteiger partial charge on any atom is 0.325 e. The van der Waals surface area contributed by atoms with Crippen LogP contribution in [0.4, 0.5) is 0 Å². The monoisotopic (exact) mass is 186 g/mol. The molecule has 0 saturated carbocycles. The predicted molar refractivity (Wildman–Crippen MR) is 46.2 cm³/mol. The van der Waals surface area contributed by atoms with E-state index in [2.05, 4.69) is 10.6 Å². The smallest absolute Gasteiger partial charge is 0.325 e. The molecule has 13 heavy (non-hydrogen) atoms. The molecule has 0 spiro atoms. The Labute approximate surface area is 76.5 Å². The van der Waals surface area contributed by atoms with Gasteiger partial charge in [-0.3, -0.25) is 9.59 Å². The molecular weight excluding hydrogens is 172 g/mol. The highest BCUT2D eigenvalue weighted by molar-refractivity contribution is 5.84. The zero-order chi connectivity index (χ0) is 9.84. The third-order valence-electron chi connectivity index (χ3n) is 2.16. The quantitative estimate of drug-likeness (QED) is 0.538. The van der Waals surface area contributed by atoms with Crippen LogP contribution in [0.25, 0.3) is 0 Å². The molecule has 1 amide bonds. The molecule has 1 aliphatic heterocycles. The van der Waals surface area contributed by atoms with Gasteiger partial charge < -0.3 is 15.7 Å². The van der Waals surface area contributed by atoms with E-state index in [0.717, 1.165) is 13.0 Å². The van der Waals surface area contributed by atoms with E-state index in [1.807, 2.05) is 0 Å². The predicted octanol–water partition coefficient (Wildman–Crippen LogP) is -0.815. The van der Waals surface area contributed by atoms with Crippen LogP contribution in [-0.4, -0.2) is 36.1 Å². The van der Waals surface area contributed by atoms with E-state index in [1.54, 1.807) is 0 Å². The average molecular weight is 186 g/mol. The van der Waals surface area contributed by atoms with Crippen molar-refractivity contribution >= 4 is 11.9 Å². The van der Waals surface area contributed by atoms with Crippen molar-refractivity contribution in [2.75, 3.05) is 13.1 Å². The van der Waals surface area contributed by atoms with Crippen molar-refractivity contribution < 1.29 is 14.7 Å². The number of aliphatic carboxylic acids is 1. The molecule has 5 nitrogen and oxygen atoms in total. The molecule has 0 aromatic carbocycles. The van der Waals surface area contributed by atoms with Gasteiger partial charge in [0.25, 0.3) is 0 Å². The van der Waals surface area contributed by atoms with Gasteiger partial charge in [0.2, 0.25) is 5.91 Å². The summed E-state index contributed by atoms with van der Waals surface area (Å²) in [7, 11) is 0. The first-order valence-electron chi connectivity index (χ1n) is 4.35. The van der Waals surface area contributed by atoms with Gasteiger partial charge in [-0.25, -0.2) is 0 Å². The lowest BCUT2D eigenvalue weighted by atomic mass is 10.1. The second-order valence-electron chi connectivity index (χ2n) is 3.26. The second-order valence-corrected chi connectivity index (χ2v) is 3.26. The zero-order valence-electron chi connectivity index (χ0n) is 7.54. The summed E-state index contributed by atoms with van der Waals surface area (Å²) in [6.45, 7) is 2.94. The number of carbonyl (C=O) groups is 2. The topological polar surface area (TPSA) is 78.4 Å². The summed E-state index contributed by atoms with van der Waals surface area (Å²) in [6.07, 6.45) is 0.790. The lowest BCUT2D eigenvalue weighted by Crippen LogP contribution is -2.42. The van der Waals surface area contributed by atoms with Crippen LogP contribution in [0.1, 0.15) is 13.3 Å². The van der Waals surface area contributed by atoms with Crippen LogP contribution in [-0.2, 0) is 9.59 Å². The van der Waals surface area contributed by atoms with E-state index >= 15 is 0 Å². The Morgan fingerprint density at radius 3 is 2.77 bits per heavy atom. The first-order valence-corrected chi connectivity index (χ1v) is 4.35. The van der Waals surface area contributed by atoms with Crippen molar-refractivity contribution in [3.05, 3.63) is 0 Å². The Morgan fingerprint density at radius 2 is 2.31 bits per heavy atom. The molecule has 2 unspecified atom stereocenters. The fraction of sp³-hybridized carbons (Fsp3) is 0.750. The van der Waals surface area contributed by atoms with E-state index < -0.39 is 12.0 Å². The van der Waals surface area contributed by atoms with Gasteiger partial charge in [0.05, 0.1) is 5.92 Å². The molecule has 0 aliphatic carbocycles. The average Bonchev–Trinajstić information content (AvgIpc) is 2.55. The van der Waals surface area contributed by atoms with Crippen LogP contribution >= 0.6 is 0 Å². The zero-order valence-corrected chi connectivity index (χ0v) is 7.54. The molecule has 1 aliphatic rings. The van der Waals surface area contributed by atoms with Gasteiger partial charge in [0, 0.05) is 6.54 Å². The highest BCUT2D eigenvalue weighted by Gasteiger charge is 2.24. The number of carboxylic acids is 1. The van der Waals surface area contributed by atoms with Crippen molar-refractivity contribution in [3.8, 4) is 0 Å². The maximum atomic E-state index is 11.3. The van der Waals surface area contributed by atoms with Gasteiger partial charge >= 0.3 is 5.97 Å². The molecule has 74 valence electrons. The fourth-order valence-electron chi connectivity index (χ4n) is 1.27. The molecule has 1 fully saturated rings. The number of amides is 1. The minimum Gasteiger partial charge on any atom is -0.480 e. The SMILES string of the molecule is CC(NC(=O)C1CCNC1)C(=O)O. The molecule has 5 heteroatoms. The maximum absolute atomic E-state index is 11.3. The second kappa shape index (κ2) is 4.23. The van der Waals surface area contributed by atoms with Crippen molar-refractivity contribution in [1.29, 1.82) is 0 Å². The third-order valence-corrected chi connectivity index (χ3v) is 2.16. The summed E-state index contributed by atoms with van der Waals surface area (Å²) in [5.74, 6) is -1.24. The summed E-state index contributed by atoms with van der Waals surface area (Å²) < 4.78 is 0. The van der Waals surface area contributed by atoms with Gasteiger partial charge in [0.1, 0.15) is 6.04 Å². The molecule has 1 heterocycles. The Kier molecular flexibility index (Phi) is 3.25. The summed E-state index contributed by atoms with van der Waals surface area (Å²) in [5, 5.41) is 14.0. The minimum atomic E-state index is -1.00. The fourth-order valence-corrected chi connectivity index (χ4v) is 1.27. The highest BCUT2D eigenvalue weighted by atomic mass is 16.4. The number of carboxylic acid groups (broad SMARTS) is 1. The lowest BCUT2D eigenvalue weighted by Gasteiger charge is -2.12. The van der Waals surface area contributed by atoms with Crippen LogP contribution in [0.5, 0.6) is 0 Å². The van der Waals surface area contributed by atoms with E-state index in [4.69, 9.17) is 5.11 Å². The Morgan fingerprint density at radius 1 is 1.62 bits per heavy atom. The van der Waals surface area contributed by atoms with Crippen molar-refractivity contribution in [2.24, 2.45) is 5.92 Å². The molecular formula is C8H14N2O3. The molecule has 3 N–H and O–H groups in total. The third kappa shape index (κ3) is 2.69. The molecule has 0 aromatic rings. The van der Waals surface area contributed by atoms with Gasteiger partial charge in [0.15, 0.2) is 0 Å². The van der Waals surface area contributed by atoms with Gasteiger partial charge in [-0.2, -0.15) is 0 Å². The number of carbonyl (C=O) groups excluding carboxylic acids is 1. The lowest BCUT2D eigenvalue weighted by molar-refractivity contribution is -0.141. The van der Waals surface area contributed by atoms with E-state index in [-0.39, 0.29) is 11.8 Å². The van der Waals surface area contributed by atoms with Crippen LogP contribution in [0.15, 0.2) is 0 Å². The molecule has 0 bridgehead atoms. The van der Waals surface area contributed by atoms with Crippen molar-refractivity contribution in [3.63, 3.8) is 0 Å². The van der Waals surface area contributed by atoms with Gasteiger partial charge in [-0.15, -0.1) is 0 Å². The van der Waals surface area contributed by atoms with Crippen LogP contribution in [0.3, 0.4) is 0 Å². The number of hydrogen-bond donors (Lipinski definition) is 3. The first-order chi connectivity index (χ1) is 6.11. The van der Waals surface area contributed by atoms with Crippen LogP contribution in [0.2, 0.25) is 0 Å². The Bertz CT molecular complexity index is 211. The van der Waals surface area contributed by atoms with Gasteiger partial charge in [-0.05, 0) is 19.9 Å². The summed E-state index contributed by atoms with van der Waals surface area (Å²) in [5.41, 5.74) is 0. The standard InChI is InChI=1S/C8H14N2O3/c1-5(8(12)13)10-7(11)6-2-3-9-4-6/h5-6,9H,2-4H2,1H3,(H,10,11)(H,12,13). The molecule has 1 saturated heterocycles. The largest absolute Gasteiger partial charge is 0.480 e. The Balaban J connectivity index is 2.35. The minimum absolute atomic E-state index is 0.0678. The molecule has 2 atom stereocenters.